The lowest BCUT2D eigenvalue weighted by Crippen LogP contribution is -2.50. The number of pyridine rings is 1. The molecule has 108 valence electrons. The molecular formula is C15H20N2O2S. The molecule has 1 atom stereocenters. The first-order valence-corrected chi connectivity index (χ1v) is 8.05. The maximum Gasteiger partial charge on any atom is 0.227 e. The van der Waals surface area contributed by atoms with E-state index in [2.05, 4.69) is 9.71 Å². The van der Waals surface area contributed by atoms with Gasteiger partial charge in [0.25, 0.3) is 0 Å². The Morgan fingerprint density at radius 3 is 2.50 bits per heavy atom. The Balaban J connectivity index is 2.55. The zero-order valence-corrected chi connectivity index (χ0v) is 12.8. The average Bonchev–Trinajstić information content (AvgIpc) is 2.38. The Kier molecular flexibility index (Phi) is 3.84. The van der Waals surface area contributed by atoms with Crippen LogP contribution in [0.25, 0.3) is 0 Å². The van der Waals surface area contributed by atoms with E-state index in [1.54, 1.807) is 30.5 Å². The van der Waals surface area contributed by atoms with E-state index >= 15 is 0 Å². The van der Waals surface area contributed by atoms with Crippen LogP contribution >= 0.6 is 0 Å². The summed E-state index contributed by atoms with van der Waals surface area (Å²) in [5.41, 5.74) is 0.00709. The fourth-order valence-electron chi connectivity index (χ4n) is 2.23. The Bertz CT molecular complexity index is 628. The van der Waals surface area contributed by atoms with Crippen LogP contribution in [-0.2, 0) is 14.8 Å². The molecule has 0 saturated heterocycles. The fourth-order valence-corrected chi connectivity index (χ4v) is 4.19. The topological polar surface area (TPSA) is 59.1 Å². The molecule has 0 amide bonds. The molecule has 0 spiro atoms. The summed E-state index contributed by atoms with van der Waals surface area (Å²) in [6.45, 7) is 5.50. The van der Waals surface area contributed by atoms with Gasteiger partial charge >= 0.3 is 0 Å². The molecule has 20 heavy (non-hydrogen) atoms. The van der Waals surface area contributed by atoms with Gasteiger partial charge in [0.1, 0.15) is 4.75 Å². The van der Waals surface area contributed by atoms with Gasteiger partial charge in [0.05, 0.1) is 5.69 Å². The van der Waals surface area contributed by atoms with Gasteiger partial charge in [0, 0.05) is 11.7 Å². The van der Waals surface area contributed by atoms with Crippen molar-refractivity contribution in [3.8, 4) is 0 Å². The predicted molar refractivity (Wildman–Crippen MR) is 80.6 cm³/mol. The minimum atomic E-state index is -3.61. The van der Waals surface area contributed by atoms with Crippen LogP contribution in [0.2, 0.25) is 0 Å². The second-order valence-electron chi connectivity index (χ2n) is 5.95. The van der Waals surface area contributed by atoms with Crippen molar-refractivity contribution in [1.29, 1.82) is 0 Å². The summed E-state index contributed by atoms with van der Waals surface area (Å²) >= 11 is 0. The van der Waals surface area contributed by atoms with Gasteiger partial charge in [0.2, 0.25) is 10.0 Å². The Morgan fingerprint density at radius 1 is 1.25 bits per heavy atom. The minimum absolute atomic E-state index is 0.381. The highest BCUT2D eigenvalue weighted by molar-refractivity contribution is 7.90. The monoisotopic (exact) mass is 292 g/mol. The van der Waals surface area contributed by atoms with E-state index < -0.39 is 20.3 Å². The van der Waals surface area contributed by atoms with Crippen molar-refractivity contribution in [3.63, 3.8) is 0 Å². The maximum atomic E-state index is 12.9. The van der Waals surface area contributed by atoms with E-state index in [-0.39, 0.29) is 0 Å². The molecule has 1 aromatic heterocycles. The van der Waals surface area contributed by atoms with Crippen molar-refractivity contribution in [3.05, 3.63) is 54.4 Å². The van der Waals surface area contributed by atoms with Crippen molar-refractivity contribution in [2.24, 2.45) is 0 Å². The summed E-state index contributed by atoms with van der Waals surface area (Å²) in [6, 6.07) is 5.34. The van der Waals surface area contributed by atoms with E-state index in [4.69, 9.17) is 0 Å². The molecular weight excluding hydrogens is 272 g/mol. The number of sulfonamides is 1. The molecule has 0 saturated carbocycles. The van der Waals surface area contributed by atoms with E-state index in [0.717, 1.165) is 0 Å². The molecule has 0 aliphatic heterocycles. The van der Waals surface area contributed by atoms with Crippen molar-refractivity contribution in [2.45, 2.75) is 37.5 Å². The number of allylic oxidation sites excluding steroid dienone is 3. The van der Waals surface area contributed by atoms with Crippen molar-refractivity contribution in [2.75, 3.05) is 0 Å². The summed E-state index contributed by atoms with van der Waals surface area (Å²) in [7, 11) is -3.61. The second kappa shape index (κ2) is 5.14. The number of nitrogens with zero attached hydrogens (tertiary/aromatic N) is 1. The van der Waals surface area contributed by atoms with E-state index in [1.807, 2.05) is 39.0 Å². The van der Waals surface area contributed by atoms with Crippen LogP contribution in [0.1, 0.15) is 32.9 Å². The second-order valence-corrected chi connectivity index (χ2v) is 7.89. The standard InChI is InChI=1S/C15H20N2O2S/c1-14(2,3)17-20(18,19)15(10-6-4-7-11-15)13-9-5-8-12-16-13/h4-10,12,17H,11H2,1-3H3. The SMILES string of the molecule is CC(C)(C)NS(=O)(=O)C1(c2ccccn2)C=CC=CC1. The predicted octanol–water partition coefficient (Wildman–Crippen LogP) is 2.51. The van der Waals surface area contributed by atoms with Crippen molar-refractivity contribution >= 4 is 10.0 Å². The molecule has 4 nitrogen and oxygen atoms in total. The van der Waals surface area contributed by atoms with Crippen LogP contribution in [0.5, 0.6) is 0 Å². The summed E-state index contributed by atoms with van der Waals surface area (Å²) < 4.78 is 27.4. The Morgan fingerprint density at radius 2 is 2.00 bits per heavy atom. The first-order valence-electron chi connectivity index (χ1n) is 6.56. The third-order valence-corrected chi connectivity index (χ3v) is 5.40. The zero-order chi connectivity index (χ0) is 14.9. The molecule has 1 N–H and O–H groups in total. The van der Waals surface area contributed by atoms with Gasteiger partial charge in [-0.3, -0.25) is 4.98 Å². The molecule has 0 fully saturated rings. The smallest absolute Gasteiger partial charge is 0.227 e. The largest absolute Gasteiger partial charge is 0.259 e. The highest BCUT2D eigenvalue weighted by Crippen LogP contribution is 2.37. The molecule has 2 rings (SSSR count). The first-order chi connectivity index (χ1) is 9.27. The lowest BCUT2D eigenvalue weighted by molar-refractivity contribution is 0.470. The quantitative estimate of drug-likeness (QED) is 0.931. The van der Waals surface area contributed by atoms with E-state index in [0.29, 0.717) is 12.1 Å². The molecule has 0 radical (unpaired) electrons. The molecule has 1 unspecified atom stereocenters. The third kappa shape index (κ3) is 2.83. The van der Waals surface area contributed by atoms with Gasteiger partial charge in [-0.2, -0.15) is 0 Å². The lowest BCUT2D eigenvalue weighted by Gasteiger charge is -2.34. The number of hydrogen-bond donors (Lipinski definition) is 1. The van der Waals surface area contributed by atoms with Gasteiger partial charge in [-0.1, -0.05) is 30.4 Å². The zero-order valence-electron chi connectivity index (χ0n) is 12.0. The molecule has 1 aliphatic carbocycles. The van der Waals surface area contributed by atoms with Gasteiger partial charge in [-0.25, -0.2) is 13.1 Å². The Labute approximate surface area is 120 Å². The van der Waals surface area contributed by atoms with Crippen LogP contribution in [0.15, 0.2) is 48.7 Å². The van der Waals surface area contributed by atoms with Crippen molar-refractivity contribution < 1.29 is 8.42 Å². The third-order valence-electron chi connectivity index (χ3n) is 3.05. The normalized spacial score (nSPS) is 22.9. The van der Waals surface area contributed by atoms with Gasteiger partial charge in [-0.15, -0.1) is 0 Å². The number of aromatic nitrogens is 1. The van der Waals surface area contributed by atoms with E-state index in [1.165, 1.54) is 0 Å². The molecule has 5 heteroatoms. The highest BCUT2D eigenvalue weighted by atomic mass is 32.2. The van der Waals surface area contributed by atoms with Gasteiger partial charge < -0.3 is 0 Å². The Hall–Kier alpha value is -1.46. The molecule has 1 aromatic rings. The van der Waals surface area contributed by atoms with Crippen LogP contribution in [0.4, 0.5) is 0 Å². The summed E-state index contributed by atoms with van der Waals surface area (Å²) in [5, 5.41) is 0. The van der Waals surface area contributed by atoms with Crippen molar-refractivity contribution in [1.82, 2.24) is 9.71 Å². The van der Waals surface area contributed by atoms with Crippen LogP contribution in [-0.4, -0.2) is 18.9 Å². The average molecular weight is 292 g/mol. The molecule has 1 aliphatic rings. The van der Waals surface area contributed by atoms with Gasteiger partial charge in [-0.05, 0) is 39.3 Å². The summed E-state index contributed by atoms with van der Waals surface area (Å²) in [5.74, 6) is 0. The fraction of sp³-hybridized carbons (Fsp3) is 0.400. The van der Waals surface area contributed by atoms with Crippen LogP contribution in [0.3, 0.4) is 0 Å². The number of hydrogen-bond acceptors (Lipinski definition) is 3. The van der Waals surface area contributed by atoms with Crippen LogP contribution < -0.4 is 4.72 Å². The van der Waals surface area contributed by atoms with Gasteiger partial charge in [0.15, 0.2) is 0 Å². The molecule has 1 heterocycles. The maximum absolute atomic E-state index is 12.9. The molecule has 0 bridgehead atoms. The van der Waals surface area contributed by atoms with Crippen LogP contribution in [0, 0.1) is 0 Å². The number of rotatable bonds is 3. The van der Waals surface area contributed by atoms with E-state index in [9.17, 15) is 8.42 Å². The minimum Gasteiger partial charge on any atom is -0.259 e. The molecule has 0 aromatic carbocycles. The highest BCUT2D eigenvalue weighted by Gasteiger charge is 2.45. The first kappa shape index (κ1) is 14.9. The lowest BCUT2D eigenvalue weighted by atomic mass is 9.95. The summed E-state index contributed by atoms with van der Waals surface area (Å²) in [6.07, 6.45) is 9.19. The number of nitrogens with one attached hydrogen (secondary N) is 1. The summed E-state index contributed by atoms with van der Waals surface area (Å²) in [4.78, 5) is 4.27.